The zero-order valence-corrected chi connectivity index (χ0v) is 20.8. The van der Waals surface area contributed by atoms with Gasteiger partial charge >= 0.3 is 0 Å². The average molecular weight is 493 g/mol. The lowest BCUT2D eigenvalue weighted by atomic mass is 9.99. The second-order valence-electron chi connectivity index (χ2n) is 9.31. The smallest absolute Gasteiger partial charge is 0.199 e. The fraction of sp³-hybridized carbons (Fsp3) is 0.200. The summed E-state index contributed by atoms with van der Waals surface area (Å²) in [4.78, 5) is 15.2. The van der Waals surface area contributed by atoms with E-state index in [0.29, 0.717) is 5.56 Å². The van der Waals surface area contributed by atoms with E-state index in [4.69, 9.17) is 4.99 Å². The molecular formula is C30H28N4OS. The van der Waals surface area contributed by atoms with Crippen LogP contribution >= 0.6 is 11.3 Å². The molecule has 3 heterocycles. The first kappa shape index (κ1) is 22.7. The Bertz CT molecular complexity index is 1480. The molecule has 36 heavy (non-hydrogen) atoms. The Kier molecular flexibility index (Phi) is 6.36. The van der Waals surface area contributed by atoms with Crippen molar-refractivity contribution in [2.45, 2.75) is 25.8 Å². The second kappa shape index (κ2) is 10.1. The highest BCUT2D eigenvalue weighted by atomic mass is 32.1. The fourth-order valence-corrected chi connectivity index (χ4v) is 5.53. The van der Waals surface area contributed by atoms with Crippen LogP contribution in [0.15, 0.2) is 88.7 Å². The van der Waals surface area contributed by atoms with Crippen LogP contribution in [0.5, 0.6) is 5.88 Å². The van der Waals surface area contributed by atoms with Crippen molar-refractivity contribution < 1.29 is 5.11 Å². The van der Waals surface area contributed by atoms with Gasteiger partial charge in [0.05, 0.1) is 28.2 Å². The van der Waals surface area contributed by atoms with Crippen molar-refractivity contribution in [2.75, 3.05) is 13.1 Å². The van der Waals surface area contributed by atoms with E-state index >= 15 is 0 Å². The molecule has 3 aromatic carbocycles. The number of aromatic amines is 1. The van der Waals surface area contributed by atoms with Crippen molar-refractivity contribution in [3.8, 4) is 17.1 Å². The van der Waals surface area contributed by atoms with Crippen molar-refractivity contribution in [3.05, 3.63) is 100 Å². The van der Waals surface area contributed by atoms with E-state index in [1.807, 2.05) is 53.4 Å². The monoisotopic (exact) mass is 492 g/mol. The molecule has 0 bridgehead atoms. The fourth-order valence-electron chi connectivity index (χ4n) is 4.97. The summed E-state index contributed by atoms with van der Waals surface area (Å²) < 4.78 is 0. The number of hydrogen-bond donors (Lipinski definition) is 2. The summed E-state index contributed by atoms with van der Waals surface area (Å²) in [7, 11) is 0. The minimum absolute atomic E-state index is 0.116. The summed E-state index contributed by atoms with van der Waals surface area (Å²) >= 11 is 1.57. The van der Waals surface area contributed by atoms with Crippen LogP contribution in [0.25, 0.3) is 22.2 Å². The Labute approximate surface area is 214 Å². The third-order valence-electron chi connectivity index (χ3n) is 6.82. The van der Waals surface area contributed by atoms with Gasteiger partial charge in [-0.25, -0.2) is 9.98 Å². The molecule has 0 aliphatic carbocycles. The number of thiazole rings is 1. The van der Waals surface area contributed by atoms with E-state index in [1.165, 1.54) is 37.9 Å². The first-order valence-corrected chi connectivity index (χ1v) is 13.4. The molecule has 1 aliphatic heterocycles. The molecule has 0 unspecified atom stereocenters. The van der Waals surface area contributed by atoms with E-state index in [0.717, 1.165) is 45.7 Å². The first-order valence-electron chi connectivity index (χ1n) is 12.4. The summed E-state index contributed by atoms with van der Waals surface area (Å²) in [6.07, 6.45) is 3.93. The Hall–Kier alpha value is -3.74. The average Bonchev–Trinajstić information content (AvgIpc) is 3.57. The maximum atomic E-state index is 11.0. The number of nitrogens with zero attached hydrogens (tertiary/aromatic N) is 3. The zero-order valence-electron chi connectivity index (χ0n) is 20.0. The number of likely N-dealkylation sites (tertiary alicyclic amines) is 1. The molecular weight excluding hydrogens is 464 g/mol. The van der Waals surface area contributed by atoms with Crippen molar-refractivity contribution >= 4 is 33.6 Å². The topological polar surface area (TPSA) is 64.5 Å². The normalized spacial score (nSPS) is 14.9. The molecule has 2 aromatic heterocycles. The summed E-state index contributed by atoms with van der Waals surface area (Å²) in [5.74, 6) is 0.116. The summed E-state index contributed by atoms with van der Waals surface area (Å²) in [6, 6.07) is 24.7. The SMILES string of the molecule is Oc1[nH]c2ccc(-c3cscn3)cc2c1C(=Nc1ccc(CN2CCCCC2)cc1)c1ccccc1. The van der Waals surface area contributed by atoms with Gasteiger partial charge in [0.1, 0.15) is 0 Å². The molecule has 0 atom stereocenters. The second-order valence-corrected chi connectivity index (χ2v) is 10.0. The van der Waals surface area contributed by atoms with E-state index in [-0.39, 0.29) is 5.88 Å². The minimum atomic E-state index is 0.116. The van der Waals surface area contributed by atoms with Gasteiger partial charge in [-0.1, -0.05) is 55.0 Å². The van der Waals surface area contributed by atoms with Crippen molar-refractivity contribution in [3.63, 3.8) is 0 Å². The van der Waals surface area contributed by atoms with Crippen LogP contribution in [0.2, 0.25) is 0 Å². The van der Waals surface area contributed by atoms with Crippen LogP contribution in [0, 0.1) is 0 Å². The largest absolute Gasteiger partial charge is 0.494 e. The van der Waals surface area contributed by atoms with Crippen molar-refractivity contribution in [1.82, 2.24) is 14.9 Å². The van der Waals surface area contributed by atoms with Gasteiger partial charge in [-0.3, -0.25) is 4.90 Å². The number of rotatable bonds is 6. The van der Waals surface area contributed by atoms with Gasteiger partial charge < -0.3 is 10.1 Å². The van der Waals surface area contributed by atoms with Gasteiger partial charge in [-0.2, -0.15) is 0 Å². The van der Waals surface area contributed by atoms with Crippen LogP contribution in [-0.2, 0) is 6.54 Å². The van der Waals surface area contributed by atoms with E-state index < -0.39 is 0 Å². The van der Waals surface area contributed by atoms with Crippen LogP contribution in [0.4, 0.5) is 5.69 Å². The third-order valence-corrected chi connectivity index (χ3v) is 7.41. The van der Waals surface area contributed by atoms with Gasteiger partial charge in [-0.05, 0) is 55.8 Å². The Morgan fingerprint density at radius 1 is 0.972 bits per heavy atom. The quantitative estimate of drug-likeness (QED) is 0.247. The summed E-state index contributed by atoms with van der Waals surface area (Å²) in [5, 5.41) is 14.0. The van der Waals surface area contributed by atoms with Crippen LogP contribution in [0.3, 0.4) is 0 Å². The predicted octanol–water partition coefficient (Wildman–Crippen LogP) is 7.15. The van der Waals surface area contributed by atoms with E-state index in [1.54, 1.807) is 11.3 Å². The Morgan fingerprint density at radius 3 is 2.53 bits per heavy atom. The highest BCUT2D eigenvalue weighted by molar-refractivity contribution is 7.07. The van der Waals surface area contributed by atoms with Gasteiger partial charge in [0.15, 0.2) is 5.88 Å². The number of aliphatic imine (C=N–C) groups is 1. The molecule has 0 radical (unpaired) electrons. The van der Waals surface area contributed by atoms with Gasteiger partial charge in [0, 0.05) is 34.0 Å². The molecule has 2 N–H and O–H groups in total. The molecule has 1 aliphatic rings. The summed E-state index contributed by atoms with van der Waals surface area (Å²) in [5.41, 5.74) is 9.19. The molecule has 1 saturated heterocycles. The van der Waals surface area contributed by atoms with Crippen LogP contribution in [0.1, 0.15) is 36.0 Å². The number of hydrogen-bond acceptors (Lipinski definition) is 5. The molecule has 6 rings (SSSR count). The maximum absolute atomic E-state index is 11.0. The number of piperidine rings is 1. The zero-order chi connectivity index (χ0) is 24.3. The minimum Gasteiger partial charge on any atom is -0.494 e. The molecule has 1 fully saturated rings. The number of nitrogens with one attached hydrogen (secondary N) is 1. The van der Waals surface area contributed by atoms with Gasteiger partial charge in [0.25, 0.3) is 0 Å². The molecule has 0 saturated carbocycles. The molecule has 5 nitrogen and oxygen atoms in total. The predicted molar refractivity (Wildman–Crippen MR) is 148 cm³/mol. The Balaban J connectivity index is 1.41. The molecule has 0 amide bonds. The summed E-state index contributed by atoms with van der Waals surface area (Å²) in [6.45, 7) is 3.35. The first-order chi connectivity index (χ1) is 17.7. The van der Waals surface area contributed by atoms with Crippen molar-refractivity contribution in [2.24, 2.45) is 4.99 Å². The highest BCUT2D eigenvalue weighted by Gasteiger charge is 2.19. The standard InChI is InChI=1S/C30H28N4OS/c35-30-28(25-17-23(11-14-26(25)33-30)27-19-36-20-31-27)29(22-7-3-1-4-8-22)32-24-12-9-21(10-13-24)18-34-15-5-2-6-16-34/h1,3-4,7-14,17,19-20,33,35H,2,5-6,15-16,18H2. The third kappa shape index (κ3) is 4.70. The van der Waals surface area contributed by atoms with Gasteiger partial charge in [-0.15, -0.1) is 11.3 Å². The van der Waals surface area contributed by atoms with Crippen LogP contribution < -0.4 is 0 Å². The number of aromatic hydroxyl groups is 1. The maximum Gasteiger partial charge on any atom is 0.199 e. The lowest BCUT2D eigenvalue weighted by Crippen LogP contribution is -2.28. The lowest BCUT2D eigenvalue weighted by Gasteiger charge is -2.26. The Morgan fingerprint density at radius 2 is 1.78 bits per heavy atom. The molecule has 6 heteroatoms. The number of fused-ring (bicyclic) bond motifs is 1. The molecule has 5 aromatic rings. The number of aromatic nitrogens is 2. The number of H-pyrrole nitrogens is 1. The van der Waals surface area contributed by atoms with Crippen LogP contribution in [-0.4, -0.2) is 38.8 Å². The molecule has 0 spiro atoms. The lowest BCUT2D eigenvalue weighted by molar-refractivity contribution is 0.221. The molecule has 180 valence electrons. The van der Waals surface area contributed by atoms with E-state index in [2.05, 4.69) is 45.2 Å². The van der Waals surface area contributed by atoms with Crippen molar-refractivity contribution in [1.29, 1.82) is 0 Å². The van der Waals surface area contributed by atoms with Gasteiger partial charge in [0.2, 0.25) is 0 Å². The highest BCUT2D eigenvalue weighted by Crippen LogP contribution is 2.34. The number of benzene rings is 3. The van der Waals surface area contributed by atoms with E-state index in [9.17, 15) is 5.11 Å².